The number of carbonyl (C=O) groups is 1. The third-order valence-corrected chi connectivity index (χ3v) is 2.38. The van der Waals surface area contributed by atoms with Crippen molar-refractivity contribution in [1.29, 1.82) is 0 Å². The minimum Gasteiger partial charge on any atom is -0.456 e. The molecule has 0 amide bonds. The first-order valence-electron chi connectivity index (χ1n) is 4.70. The van der Waals surface area contributed by atoms with E-state index in [0.717, 1.165) is 11.0 Å². The molecule has 0 bridgehead atoms. The van der Waals surface area contributed by atoms with Crippen LogP contribution in [0, 0.1) is 0 Å². The largest absolute Gasteiger partial charge is 0.456 e. The van der Waals surface area contributed by atoms with Crippen LogP contribution in [0.15, 0.2) is 40.8 Å². The molecule has 0 atom stereocenters. The van der Waals surface area contributed by atoms with E-state index in [4.69, 9.17) is 16.3 Å². The molecule has 16 heavy (non-hydrogen) atoms. The summed E-state index contributed by atoms with van der Waals surface area (Å²) in [6.07, 6.45) is 1.28. The lowest BCUT2D eigenvalue weighted by atomic mass is 10.2. The van der Waals surface area contributed by atoms with Crippen molar-refractivity contribution >= 4 is 34.4 Å². The normalized spacial score (nSPS) is 11.8. The zero-order valence-corrected chi connectivity index (χ0v) is 9.32. The lowest BCUT2D eigenvalue weighted by Crippen LogP contribution is -1.91. The van der Waals surface area contributed by atoms with Gasteiger partial charge in [-0.3, -0.25) is 0 Å². The van der Waals surface area contributed by atoms with E-state index in [1.54, 1.807) is 6.92 Å². The van der Waals surface area contributed by atoms with E-state index in [1.165, 1.54) is 6.08 Å². The topological polar surface area (TPSA) is 39.4 Å². The molecule has 0 N–H and O–H groups in total. The average molecular weight is 237 g/mol. The van der Waals surface area contributed by atoms with Crippen LogP contribution in [0.2, 0.25) is 0 Å². The highest BCUT2D eigenvalue weighted by atomic mass is 35.5. The lowest BCUT2D eigenvalue weighted by molar-refractivity contribution is -0.128. The SMILES string of the molecule is C/C(=C\C(=O)OCl)c1cc2ccccc2o1. The van der Waals surface area contributed by atoms with Gasteiger partial charge in [-0.1, -0.05) is 18.2 Å². The Kier molecular flexibility index (Phi) is 2.97. The number of allylic oxidation sites excluding steroid dienone is 1. The second-order valence-electron chi connectivity index (χ2n) is 3.37. The summed E-state index contributed by atoms with van der Waals surface area (Å²) >= 11 is 4.94. The Morgan fingerprint density at radius 1 is 1.44 bits per heavy atom. The predicted molar refractivity (Wildman–Crippen MR) is 61.8 cm³/mol. The fourth-order valence-electron chi connectivity index (χ4n) is 1.45. The molecule has 1 aromatic carbocycles. The van der Waals surface area contributed by atoms with Crippen molar-refractivity contribution in [2.75, 3.05) is 0 Å². The maximum Gasteiger partial charge on any atom is 0.349 e. The third-order valence-electron chi connectivity index (χ3n) is 2.22. The number of halogens is 1. The molecule has 2 rings (SSSR count). The summed E-state index contributed by atoms with van der Waals surface area (Å²) in [5.41, 5.74) is 1.45. The van der Waals surface area contributed by atoms with E-state index >= 15 is 0 Å². The van der Waals surface area contributed by atoms with Gasteiger partial charge in [0.2, 0.25) is 0 Å². The molecular weight excluding hydrogens is 228 g/mol. The first-order chi connectivity index (χ1) is 7.70. The van der Waals surface area contributed by atoms with Crippen LogP contribution in [0.4, 0.5) is 0 Å². The van der Waals surface area contributed by atoms with Crippen molar-refractivity contribution < 1.29 is 13.5 Å². The second-order valence-corrected chi connectivity index (χ2v) is 3.53. The predicted octanol–water partition coefficient (Wildman–Crippen LogP) is 3.53. The van der Waals surface area contributed by atoms with Crippen molar-refractivity contribution in [2.24, 2.45) is 0 Å². The Hall–Kier alpha value is -1.74. The van der Waals surface area contributed by atoms with Crippen LogP contribution in [0.25, 0.3) is 16.5 Å². The van der Waals surface area contributed by atoms with Gasteiger partial charge in [-0.2, -0.15) is 0 Å². The van der Waals surface area contributed by atoms with Gasteiger partial charge in [-0.05, 0) is 24.6 Å². The summed E-state index contributed by atoms with van der Waals surface area (Å²) in [5.74, 6) is 0.0166. The van der Waals surface area contributed by atoms with E-state index in [9.17, 15) is 4.79 Å². The number of rotatable bonds is 2. The molecule has 0 saturated carbocycles. The molecule has 0 aliphatic heterocycles. The van der Waals surface area contributed by atoms with Crippen molar-refractivity contribution in [2.45, 2.75) is 6.92 Å². The second kappa shape index (κ2) is 4.41. The standard InChI is InChI=1S/C12H9ClO3/c1-8(6-12(14)16-13)11-7-9-4-2-3-5-10(9)15-11/h2-7H,1H3/b8-6+. The summed E-state index contributed by atoms with van der Waals surface area (Å²) in [6, 6.07) is 9.49. The molecule has 1 heterocycles. The number of benzene rings is 1. The fourth-order valence-corrected chi connectivity index (χ4v) is 1.49. The fraction of sp³-hybridized carbons (Fsp3) is 0.0833. The Morgan fingerprint density at radius 2 is 2.19 bits per heavy atom. The average Bonchev–Trinajstić information content (AvgIpc) is 2.72. The first kappa shape index (κ1) is 10.8. The molecule has 0 unspecified atom stereocenters. The summed E-state index contributed by atoms with van der Waals surface area (Å²) in [5, 5.41) is 0.990. The van der Waals surface area contributed by atoms with Gasteiger partial charge in [0.25, 0.3) is 0 Å². The van der Waals surface area contributed by atoms with E-state index in [1.807, 2.05) is 30.3 Å². The van der Waals surface area contributed by atoms with E-state index in [2.05, 4.69) is 4.29 Å². The molecule has 4 heteroatoms. The van der Waals surface area contributed by atoms with Crippen LogP contribution in [0.1, 0.15) is 12.7 Å². The van der Waals surface area contributed by atoms with Gasteiger partial charge in [0.05, 0.1) is 0 Å². The van der Waals surface area contributed by atoms with Crippen molar-refractivity contribution in [1.82, 2.24) is 0 Å². The number of carbonyl (C=O) groups excluding carboxylic acids is 1. The van der Waals surface area contributed by atoms with E-state index in [-0.39, 0.29) is 0 Å². The quantitative estimate of drug-likeness (QED) is 0.749. The Morgan fingerprint density at radius 3 is 2.88 bits per heavy atom. The molecule has 3 nitrogen and oxygen atoms in total. The summed E-state index contributed by atoms with van der Waals surface area (Å²) in [4.78, 5) is 10.9. The number of hydrogen-bond donors (Lipinski definition) is 0. The first-order valence-corrected chi connectivity index (χ1v) is 5.01. The number of furan rings is 1. The molecule has 1 aromatic heterocycles. The molecule has 82 valence electrons. The maximum absolute atomic E-state index is 10.9. The van der Waals surface area contributed by atoms with Gasteiger partial charge in [-0.15, -0.1) is 0 Å². The van der Waals surface area contributed by atoms with Gasteiger partial charge in [-0.25, -0.2) is 4.79 Å². The smallest absolute Gasteiger partial charge is 0.349 e. The summed E-state index contributed by atoms with van der Waals surface area (Å²) < 4.78 is 9.59. The van der Waals surface area contributed by atoms with Crippen LogP contribution in [0.5, 0.6) is 0 Å². The summed E-state index contributed by atoms with van der Waals surface area (Å²) in [6.45, 7) is 1.76. The molecule has 0 saturated heterocycles. The monoisotopic (exact) mass is 236 g/mol. The molecule has 0 aliphatic rings. The Balaban J connectivity index is 2.40. The minimum atomic E-state index is -0.611. The number of para-hydroxylation sites is 1. The van der Waals surface area contributed by atoms with Gasteiger partial charge in [0.15, 0.2) is 0 Å². The van der Waals surface area contributed by atoms with Crippen molar-refractivity contribution in [3.63, 3.8) is 0 Å². The zero-order valence-electron chi connectivity index (χ0n) is 8.57. The maximum atomic E-state index is 10.9. The van der Waals surface area contributed by atoms with Gasteiger partial charge >= 0.3 is 5.97 Å². The molecule has 0 aliphatic carbocycles. The molecule has 0 fully saturated rings. The Bertz CT molecular complexity index is 521. The number of hydrogen-bond acceptors (Lipinski definition) is 3. The Labute approximate surface area is 97.4 Å². The van der Waals surface area contributed by atoms with E-state index < -0.39 is 5.97 Å². The van der Waals surface area contributed by atoms with Crippen molar-refractivity contribution in [3.05, 3.63) is 42.2 Å². The van der Waals surface area contributed by atoms with Crippen LogP contribution < -0.4 is 0 Å². The van der Waals surface area contributed by atoms with Crippen LogP contribution >= 0.6 is 11.9 Å². The zero-order chi connectivity index (χ0) is 11.5. The van der Waals surface area contributed by atoms with Gasteiger partial charge in [0, 0.05) is 11.5 Å². The minimum absolute atomic E-state index is 0.611. The van der Waals surface area contributed by atoms with Gasteiger partial charge < -0.3 is 8.71 Å². The third kappa shape index (κ3) is 2.09. The lowest BCUT2D eigenvalue weighted by Gasteiger charge is -1.93. The highest BCUT2D eigenvalue weighted by molar-refractivity contribution is 6.15. The van der Waals surface area contributed by atoms with Gasteiger partial charge in [0.1, 0.15) is 23.2 Å². The van der Waals surface area contributed by atoms with Crippen LogP contribution in [0.3, 0.4) is 0 Å². The molecular formula is C12H9ClO3. The molecule has 0 spiro atoms. The highest BCUT2D eigenvalue weighted by Crippen LogP contribution is 2.24. The van der Waals surface area contributed by atoms with Crippen LogP contribution in [-0.4, -0.2) is 5.97 Å². The number of fused-ring (bicyclic) bond motifs is 1. The van der Waals surface area contributed by atoms with E-state index in [0.29, 0.717) is 11.3 Å². The highest BCUT2D eigenvalue weighted by Gasteiger charge is 2.06. The van der Waals surface area contributed by atoms with Crippen molar-refractivity contribution in [3.8, 4) is 0 Å². The summed E-state index contributed by atoms with van der Waals surface area (Å²) in [7, 11) is 0. The molecule has 0 radical (unpaired) electrons. The van der Waals surface area contributed by atoms with Crippen LogP contribution in [-0.2, 0) is 9.08 Å². The molecule has 2 aromatic rings.